The molecule has 2 rings (SSSR count). The third-order valence-electron chi connectivity index (χ3n) is 3.20. The molecule has 1 heterocycles. The Hall–Kier alpha value is -0.750. The summed E-state index contributed by atoms with van der Waals surface area (Å²) in [5.41, 5.74) is -0.694. The first-order chi connectivity index (χ1) is 9.05. The molecular weight excluding hydrogens is 273 g/mol. The Bertz CT molecular complexity index is 386. The molecule has 0 aliphatic heterocycles. The van der Waals surface area contributed by atoms with Crippen molar-refractivity contribution in [3.05, 3.63) is 23.9 Å². The van der Waals surface area contributed by atoms with E-state index in [4.69, 9.17) is 0 Å². The molecule has 0 saturated heterocycles. The molecule has 0 bridgehead atoms. The van der Waals surface area contributed by atoms with Crippen LogP contribution in [0.1, 0.15) is 31.2 Å². The van der Waals surface area contributed by atoms with Crippen molar-refractivity contribution in [1.29, 1.82) is 0 Å². The molecule has 0 aromatic carbocycles. The number of hydrogen-bond acceptors (Lipinski definition) is 3. The van der Waals surface area contributed by atoms with Crippen molar-refractivity contribution >= 4 is 11.8 Å². The molecule has 106 valence electrons. The molecule has 1 N–H and O–H groups in total. The largest absolute Gasteiger partial charge is 0.417 e. The van der Waals surface area contributed by atoms with Gasteiger partial charge >= 0.3 is 6.18 Å². The Labute approximate surface area is 115 Å². The number of halogens is 3. The molecular formula is C13H17F3N2S. The average Bonchev–Trinajstić information content (AvgIpc) is 2.87. The first-order valence-corrected chi connectivity index (χ1v) is 7.44. The third kappa shape index (κ3) is 4.69. The lowest BCUT2D eigenvalue weighted by Gasteiger charge is -2.11. The number of nitrogens with zero attached hydrogens (tertiary/aromatic N) is 1. The number of nitrogens with one attached hydrogen (secondary N) is 1. The predicted octanol–water partition coefficient (Wildman–Crippen LogP) is 3.72. The van der Waals surface area contributed by atoms with Crippen LogP contribution in [0.3, 0.4) is 0 Å². The number of alkyl halides is 3. The summed E-state index contributed by atoms with van der Waals surface area (Å²) in [6.07, 6.45) is 1.66. The summed E-state index contributed by atoms with van der Waals surface area (Å²) in [6.45, 7) is 0.873. The standard InChI is InChI=1S/C13H17F3N2S/c14-13(15,16)10-5-6-12(18-9-10)19-8-7-17-11-3-1-2-4-11/h5-6,9,11,17H,1-4,7-8H2. The fourth-order valence-electron chi connectivity index (χ4n) is 2.18. The van der Waals surface area contributed by atoms with E-state index in [1.165, 1.54) is 43.5 Å². The van der Waals surface area contributed by atoms with Gasteiger partial charge in [0.05, 0.1) is 10.6 Å². The highest BCUT2D eigenvalue weighted by atomic mass is 32.2. The van der Waals surface area contributed by atoms with Crippen molar-refractivity contribution in [3.8, 4) is 0 Å². The van der Waals surface area contributed by atoms with Crippen LogP contribution >= 0.6 is 11.8 Å². The van der Waals surface area contributed by atoms with Crippen LogP contribution in [-0.2, 0) is 6.18 Å². The van der Waals surface area contributed by atoms with Gasteiger partial charge in [-0.1, -0.05) is 12.8 Å². The van der Waals surface area contributed by atoms with Crippen LogP contribution < -0.4 is 5.32 Å². The van der Waals surface area contributed by atoms with E-state index in [0.717, 1.165) is 24.6 Å². The molecule has 1 fully saturated rings. The SMILES string of the molecule is FC(F)(F)c1ccc(SCCNC2CCCC2)nc1. The lowest BCUT2D eigenvalue weighted by atomic mass is 10.2. The second-order valence-corrected chi connectivity index (χ2v) is 5.78. The normalized spacial score (nSPS) is 17.0. The zero-order chi connectivity index (χ0) is 13.7. The van der Waals surface area contributed by atoms with Gasteiger partial charge in [0.1, 0.15) is 0 Å². The van der Waals surface area contributed by atoms with Crippen LogP contribution in [0.15, 0.2) is 23.4 Å². The summed E-state index contributed by atoms with van der Waals surface area (Å²) in [4.78, 5) is 3.83. The maximum Gasteiger partial charge on any atom is 0.417 e. The number of thioether (sulfide) groups is 1. The van der Waals surface area contributed by atoms with Crippen LogP contribution in [0, 0.1) is 0 Å². The molecule has 0 radical (unpaired) electrons. The maximum absolute atomic E-state index is 12.3. The van der Waals surface area contributed by atoms with Crippen LogP contribution in [-0.4, -0.2) is 23.3 Å². The number of hydrogen-bond donors (Lipinski definition) is 1. The summed E-state index contributed by atoms with van der Waals surface area (Å²) in [7, 11) is 0. The molecule has 0 atom stereocenters. The third-order valence-corrected chi connectivity index (χ3v) is 4.15. The Balaban J connectivity index is 1.71. The van der Waals surface area contributed by atoms with Crippen molar-refractivity contribution in [2.75, 3.05) is 12.3 Å². The fourth-order valence-corrected chi connectivity index (χ4v) is 2.90. The maximum atomic E-state index is 12.3. The van der Waals surface area contributed by atoms with Crippen LogP contribution in [0.25, 0.3) is 0 Å². The quantitative estimate of drug-likeness (QED) is 0.661. The van der Waals surface area contributed by atoms with Crippen LogP contribution in [0.5, 0.6) is 0 Å². The molecule has 6 heteroatoms. The Morgan fingerprint density at radius 1 is 1.26 bits per heavy atom. The molecule has 2 nitrogen and oxygen atoms in total. The van der Waals surface area contributed by atoms with Gasteiger partial charge in [0, 0.05) is 24.5 Å². The van der Waals surface area contributed by atoms with Crippen molar-refractivity contribution in [3.63, 3.8) is 0 Å². The topological polar surface area (TPSA) is 24.9 Å². The minimum atomic E-state index is -4.31. The van der Waals surface area contributed by atoms with Gasteiger partial charge in [-0.25, -0.2) is 4.98 Å². The van der Waals surface area contributed by atoms with Gasteiger partial charge in [-0.3, -0.25) is 0 Å². The van der Waals surface area contributed by atoms with Gasteiger partial charge in [-0.05, 0) is 25.0 Å². The molecule has 1 aliphatic carbocycles. The van der Waals surface area contributed by atoms with Crippen molar-refractivity contribution in [1.82, 2.24) is 10.3 Å². The van der Waals surface area contributed by atoms with Crippen LogP contribution in [0.4, 0.5) is 13.2 Å². The van der Waals surface area contributed by atoms with E-state index in [9.17, 15) is 13.2 Å². The van der Waals surface area contributed by atoms with Gasteiger partial charge in [-0.2, -0.15) is 13.2 Å². The molecule has 0 amide bonds. The van der Waals surface area contributed by atoms with E-state index in [1.807, 2.05) is 0 Å². The molecule has 1 aromatic rings. The number of pyridine rings is 1. The Morgan fingerprint density at radius 2 is 2.00 bits per heavy atom. The molecule has 0 unspecified atom stereocenters. The smallest absolute Gasteiger partial charge is 0.313 e. The van der Waals surface area contributed by atoms with Crippen molar-refractivity contribution in [2.24, 2.45) is 0 Å². The fraction of sp³-hybridized carbons (Fsp3) is 0.615. The first kappa shape index (κ1) is 14.7. The van der Waals surface area contributed by atoms with E-state index >= 15 is 0 Å². The second-order valence-electron chi connectivity index (χ2n) is 4.67. The van der Waals surface area contributed by atoms with E-state index in [2.05, 4.69) is 10.3 Å². The zero-order valence-corrected chi connectivity index (χ0v) is 11.4. The molecule has 0 spiro atoms. The lowest BCUT2D eigenvalue weighted by Crippen LogP contribution is -2.28. The number of rotatable bonds is 5. The monoisotopic (exact) mass is 290 g/mol. The lowest BCUT2D eigenvalue weighted by molar-refractivity contribution is -0.137. The number of aromatic nitrogens is 1. The van der Waals surface area contributed by atoms with Gasteiger partial charge in [-0.15, -0.1) is 11.8 Å². The highest BCUT2D eigenvalue weighted by Crippen LogP contribution is 2.29. The summed E-state index contributed by atoms with van der Waals surface area (Å²) < 4.78 is 37.0. The van der Waals surface area contributed by atoms with Crippen molar-refractivity contribution in [2.45, 2.75) is 42.9 Å². The summed E-state index contributed by atoms with van der Waals surface area (Å²) in [6, 6.07) is 3.14. The molecule has 1 aliphatic rings. The Morgan fingerprint density at radius 3 is 2.58 bits per heavy atom. The van der Waals surface area contributed by atoms with E-state index in [0.29, 0.717) is 11.1 Å². The van der Waals surface area contributed by atoms with E-state index in [-0.39, 0.29) is 0 Å². The predicted molar refractivity (Wildman–Crippen MR) is 70.2 cm³/mol. The summed E-state index contributed by atoms with van der Waals surface area (Å²) in [5.74, 6) is 0.828. The van der Waals surface area contributed by atoms with Crippen molar-refractivity contribution < 1.29 is 13.2 Å². The summed E-state index contributed by atoms with van der Waals surface area (Å²) >= 11 is 1.48. The minimum Gasteiger partial charge on any atom is -0.313 e. The van der Waals surface area contributed by atoms with Crippen LogP contribution in [0.2, 0.25) is 0 Å². The highest BCUT2D eigenvalue weighted by Gasteiger charge is 2.30. The van der Waals surface area contributed by atoms with Gasteiger partial charge in [0.25, 0.3) is 0 Å². The van der Waals surface area contributed by atoms with E-state index < -0.39 is 11.7 Å². The average molecular weight is 290 g/mol. The Kier molecular flexibility index (Phi) is 5.10. The molecule has 1 aromatic heterocycles. The highest BCUT2D eigenvalue weighted by molar-refractivity contribution is 7.99. The zero-order valence-electron chi connectivity index (χ0n) is 10.5. The first-order valence-electron chi connectivity index (χ1n) is 6.45. The summed E-state index contributed by atoms with van der Waals surface area (Å²) in [5, 5.41) is 4.10. The second kappa shape index (κ2) is 6.61. The molecule has 1 saturated carbocycles. The van der Waals surface area contributed by atoms with E-state index in [1.54, 1.807) is 0 Å². The van der Waals surface area contributed by atoms with Gasteiger partial charge in [0.15, 0.2) is 0 Å². The van der Waals surface area contributed by atoms with Gasteiger partial charge < -0.3 is 5.32 Å². The molecule has 19 heavy (non-hydrogen) atoms. The minimum absolute atomic E-state index is 0.626. The van der Waals surface area contributed by atoms with Gasteiger partial charge in [0.2, 0.25) is 0 Å².